The molecule has 114 valence electrons. The molecule has 23 heavy (non-hydrogen) atoms. The maximum Gasteiger partial charge on any atom is 0.215 e. The van der Waals surface area contributed by atoms with Crippen molar-refractivity contribution in [3.63, 3.8) is 0 Å². The molecule has 0 amide bonds. The molecule has 4 rings (SSSR count). The molecule has 0 unspecified atom stereocenters. The molecular formula is C19H13Cl2NO. The quantitative estimate of drug-likeness (QED) is 0.513. The number of aromatic nitrogens is 1. The number of pyridine rings is 1. The van der Waals surface area contributed by atoms with Crippen molar-refractivity contribution in [2.24, 2.45) is 0 Å². The first kappa shape index (κ1) is 15.6. The van der Waals surface area contributed by atoms with Crippen LogP contribution < -0.4 is 22.1 Å². The Hall–Kier alpha value is -2.29. The molecule has 0 aliphatic carbocycles. The fourth-order valence-electron chi connectivity index (χ4n) is 2.60. The van der Waals surface area contributed by atoms with Gasteiger partial charge < -0.3 is 17.1 Å². The Morgan fingerprint density at radius 3 is 1.78 bits per heavy atom. The van der Waals surface area contributed by atoms with Crippen molar-refractivity contribution < 1.29 is 22.1 Å². The molecule has 0 fully saturated rings. The third-order valence-corrected chi connectivity index (χ3v) is 3.90. The first-order valence-corrected chi connectivity index (χ1v) is 7.45. The number of hydrogen-bond acceptors (Lipinski definition) is 1. The number of benzene rings is 3. The van der Waals surface area contributed by atoms with Crippen LogP contribution in [-0.4, -0.2) is 0 Å². The van der Waals surface area contributed by atoms with Gasteiger partial charge >= 0.3 is 0 Å². The molecule has 4 heteroatoms. The Balaban J connectivity index is 0.00000156. The van der Waals surface area contributed by atoms with E-state index in [2.05, 4.69) is 29.2 Å². The lowest BCUT2D eigenvalue weighted by Gasteiger charge is -2.09. The summed E-state index contributed by atoms with van der Waals surface area (Å²) in [6, 6.07) is 23.7. The van der Waals surface area contributed by atoms with Crippen LogP contribution in [0.5, 0.6) is 11.5 Å². The van der Waals surface area contributed by atoms with Gasteiger partial charge in [-0.2, -0.15) is 0 Å². The van der Waals surface area contributed by atoms with Crippen molar-refractivity contribution >= 4 is 33.4 Å². The Kier molecular flexibility index (Phi) is 4.37. The van der Waals surface area contributed by atoms with Gasteiger partial charge in [0.05, 0.1) is 10.8 Å². The molecule has 1 heterocycles. The van der Waals surface area contributed by atoms with Crippen molar-refractivity contribution in [3.05, 3.63) is 77.8 Å². The van der Waals surface area contributed by atoms with Crippen LogP contribution in [0.4, 0.5) is 0 Å². The SMILES string of the molecule is Clc1ccc(Oc2c3ccccc3[nH+]c3ccccc23)cc1.[Cl-]. The van der Waals surface area contributed by atoms with Crippen LogP contribution >= 0.6 is 11.6 Å². The van der Waals surface area contributed by atoms with Gasteiger partial charge in [-0.25, -0.2) is 4.98 Å². The molecule has 0 saturated heterocycles. The molecule has 1 N–H and O–H groups in total. The van der Waals surface area contributed by atoms with Crippen molar-refractivity contribution in [1.82, 2.24) is 0 Å². The molecule has 0 aliphatic heterocycles. The number of para-hydroxylation sites is 2. The zero-order valence-electron chi connectivity index (χ0n) is 12.1. The van der Waals surface area contributed by atoms with E-state index < -0.39 is 0 Å². The van der Waals surface area contributed by atoms with Crippen molar-refractivity contribution in [3.8, 4) is 11.5 Å². The van der Waals surface area contributed by atoms with Crippen LogP contribution in [0.3, 0.4) is 0 Å². The lowest BCUT2D eigenvalue weighted by Crippen LogP contribution is -3.00. The first-order valence-electron chi connectivity index (χ1n) is 7.07. The number of H-pyrrole nitrogens is 1. The fraction of sp³-hybridized carbons (Fsp3) is 0. The number of rotatable bonds is 2. The van der Waals surface area contributed by atoms with Crippen LogP contribution in [0.15, 0.2) is 72.8 Å². The zero-order valence-corrected chi connectivity index (χ0v) is 13.6. The van der Waals surface area contributed by atoms with Crippen molar-refractivity contribution in [1.29, 1.82) is 0 Å². The zero-order chi connectivity index (χ0) is 14.9. The summed E-state index contributed by atoms with van der Waals surface area (Å²) in [6.45, 7) is 0. The first-order chi connectivity index (χ1) is 10.8. The molecule has 0 bridgehead atoms. The number of aromatic amines is 1. The molecule has 2 nitrogen and oxygen atoms in total. The van der Waals surface area contributed by atoms with Gasteiger partial charge in [-0.3, -0.25) is 0 Å². The number of ether oxygens (including phenoxy) is 1. The second kappa shape index (κ2) is 6.45. The minimum Gasteiger partial charge on any atom is -1.00 e. The van der Waals surface area contributed by atoms with Gasteiger partial charge in [-0.15, -0.1) is 0 Å². The van der Waals surface area contributed by atoms with Crippen LogP contribution in [-0.2, 0) is 0 Å². The lowest BCUT2D eigenvalue weighted by atomic mass is 10.1. The largest absolute Gasteiger partial charge is 1.00 e. The standard InChI is InChI=1S/C19H12ClNO.ClH/c20-13-9-11-14(12-10-13)22-19-15-5-1-3-7-17(15)21-18-8-4-2-6-16(18)19;/h1-12H;1H. The Morgan fingerprint density at radius 1 is 0.696 bits per heavy atom. The third kappa shape index (κ3) is 2.96. The smallest absolute Gasteiger partial charge is 0.215 e. The average Bonchev–Trinajstić information content (AvgIpc) is 2.56. The van der Waals surface area contributed by atoms with E-state index >= 15 is 0 Å². The van der Waals surface area contributed by atoms with Crippen molar-refractivity contribution in [2.45, 2.75) is 0 Å². The highest BCUT2D eigenvalue weighted by atomic mass is 35.5. The van der Waals surface area contributed by atoms with Gasteiger partial charge in [-0.05, 0) is 36.4 Å². The van der Waals surface area contributed by atoms with Gasteiger partial charge in [0.15, 0.2) is 5.75 Å². The molecule has 1 aromatic heterocycles. The van der Waals surface area contributed by atoms with E-state index in [1.807, 2.05) is 48.5 Å². The number of nitrogens with one attached hydrogen (secondary N) is 1. The third-order valence-electron chi connectivity index (χ3n) is 3.65. The molecule has 0 atom stereocenters. The normalized spacial score (nSPS) is 10.5. The lowest BCUT2D eigenvalue weighted by molar-refractivity contribution is -0.310. The monoisotopic (exact) mass is 341 g/mol. The van der Waals surface area contributed by atoms with Crippen LogP contribution in [0.25, 0.3) is 21.8 Å². The summed E-state index contributed by atoms with van der Waals surface area (Å²) in [5.74, 6) is 1.62. The summed E-state index contributed by atoms with van der Waals surface area (Å²) in [4.78, 5) is 3.44. The highest BCUT2D eigenvalue weighted by molar-refractivity contribution is 6.30. The minimum atomic E-state index is 0. The van der Waals surface area contributed by atoms with Gasteiger partial charge in [0, 0.05) is 17.2 Å². The molecule has 0 spiro atoms. The highest BCUT2D eigenvalue weighted by Crippen LogP contribution is 2.34. The van der Waals surface area contributed by atoms with Gasteiger partial charge in [-0.1, -0.05) is 35.9 Å². The fourth-order valence-corrected chi connectivity index (χ4v) is 2.73. The maximum absolute atomic E-state index is 6.18. The van der Waals surface area contributed by atoms with Gasteiger partial charge in [0.1, 0.15) is 5.75 Å². The molecule has 0 saturated carbocycles. The van der Waals surface area contributed by atoms with Gasteiger partial charge in [0.2, 0.25) is 11.0 Å². The molecule has 3 aromatic carbocycles. The predicted molar refractivity (Wildman–Crippen MR) is 89.5 cm³/mol. The summed E-state index contributed by atoms with van der Waals surface area (Å²) < 4.78 is 6.18. The second-order valence-corrected chi connectivity index (χ2v) is 5.54. The number of hydrogen-bond donors (Lipinski definition) is 0. The topological polar surface area (TPSA) is 23.4 Å². The van der Waals surface area contributed by atoms with E-state index in [1.54, 1.807) is 0 Å². The number of halogens is 2. The predicted octanol–water partition coefficient (Wildman–Crippen LogP) is 2.26. The Bertz CT molecular complexity index is 914. The van der Waals surface area contributed by atoms with E-state index in [9.17, 15) is 0 Å². The van der Waals surface area contributed by atoms with Crippen LogP contribution in [0.2, 0.25) is 5.02 Å². The summed E-state index contributed by atoms with van der Waals surface area (Å²) >= 11 is 5.94. The average molecular weight is 342 g/mol. The minimum absolute atomic E-state index is 0. The summed E-state index contributed by atoms with van der Waals surface area (Å²) in [5, 5.41) is 2.80. The number of fused-ring (bicyclic) bond motifs is 2. The van der Waals surface area contributed by atoms with Crippen LogP contribution in [0.1, 0.15) is 0 Å². The van der Waals surface area contributed by atoms with E-state index in [1.165, 1.54) is 0 Å². The highest BCUT2D eigenvalue weighted by Gasteiger charge is 2.15. The molecule has 4 aromatic rings. The van der Waals surface area contributed by atoms with Gasteiger partial charge in [0.25, 0.3) is 0 Å². The second-order valence-electron chi connectivity index (χ2n) is 5.10. The molecule has 0 radical (unpaired) electrons. The molecule has 0 aliphatic rings. The Morgan fingerprint density at radius 2 is 1.22 bits per heavy atom. The van der Waals surface area contributed by atoms with E-state index in [0.717, 1.165) is 33.3 Å². The molecular weight excluding hydrogens is 329 g/mol. The Labute approximate surface area is 145 Å². The van der Waals surface area contributed by atoms with E-state index in [-0.39, 0.29) is 12.4 Å². The summed E-state index contributed by atoms with van der Waals surface area (Å²) in [6.07, 6.45) is 0. The maximum atomic E-state index is 6.18. The van der Waals surface area contributed by atoms with E-state index in [0.29, 0.717) is 5.02 Å². The summed E-state index contributed by atoms with van der Waals surface area (Å²) in [5.41, 5.74) is 2.09. The van der Waals surface area contributed by atoms with E-state index in [4.69, 9.17) is 16.3 Å². The van der Waals surface area contributed by atoms with Crippen molar-refractivity contribution in [2.75, 3.05) is 0 Å². The van der Waals surface area contributed by atoms with Crippen LogP contribution in [0, 0.1) is 0 Å². The summed E-state index contributed by atoms with van der Waals surface area (Å²) in [7, 11) is 0.